The Kier molecular flexibility index (Phi) is 8.03. The molecule has 1 fully saturated rings. The number of rotatable bonds is 9. The summed E-state index contributed by atoms with van der Waals surface area (Å²) in [4.78, 5) is 12.7. The van der Waals surface area contributed by atoms with Crippen molar-refractivity contribution in [3.8, 4) is 5.75 Å². The van der Waals surface area contributed by atoms with Crippen LogP contribution in [0.5, 0.6) is 5.75 Å². The minimum absolute atomic E-state index is 0.173. The molecule has 0 radical (unpaired) electrons. The van der Waals surface area contributed by atoms with Crippen molar-refractivity contribution in [3.05, 3.63) is 54.3 Å². The molecule has 0 unspecified atom stereocenters. The molecule has 31 heavy (non-hydrogen) atoms. The van der Waals surface area contributed by atoms with Crippen LogP contribution in [0, 0.1) is 11.7 Å². The number of hydrogen-bond donors (Lipinski definition) is 1. The lowest BCUT2D eigenvalue weighted by atomic mass is 9.97. The normalized spacial score (nSPS) is 15.5. The van der Waals surface area contributed by atoms with Crippen molar-refractivity contribution in [1.82, 2.24) is 4.31 Å². The summed E-state index contributed by atoms with van der Waals surface area (Å²) in [5.74, 6) is -0.164. The molecule has 1 aliphatic rings. The van der Waals surface area contributed by atoms with Gasteiger partial charge in [-0.25, -0.2) is 12.8 Å². The lowest BCUT2D eigenvalue weighted by Crippen LogP contribution is -2.41. The summed E-state index contributed by atoms with van der Waals surface area (Å²) in [5, 5.41) is 2.77. The number of anilines is 1. The maximum atomic E-state index is 13.0. The number of benzene rings is 2. The molecule has 1 aliphatic heterocycles. The molecular formula is C23H29FN2O4S. The summed E-state index contributed by atoms with van der Waals surface area (Å²) in [5.41, 5.74) is 0.526. The Labute approximate surface area is 183 Å². The van der Waals surface area contributed by atoms with Crippen molar-refractivity contribution in [2.75, 3.05) is 25.0 Å². The average Bonchev–Trinajstić information content (AvgIpc) is 2.78. The topological polar surface area (TPSA) is 75.7 Å². The van der Waals surface area contributed by atoms with E-state index >= 15 is 0 Å². The Morgan fingerprint density at radius 2 is 1.71 bits per heavy atom. The van der Waals surface area contributed by atoms with Crippen molar-refractivity contribution in [2.24, 2.45) is 5.92 Å². The molecule has 0 spiro atoms. The SMILES string of the molecule is CCCCCOc1ccc(S(=O)(=O)N2CCC(C(=O)Nc3ccc(F)cc3)CC2)cc1. The number of nitrogens with zero attached hydrogens (tertiary/aromatic N) is 1. The van der Waals surface area contributed by atoms with Gasteiger partial charge in [-0.2, -0.15) is 4.31 Å². The highest BCUT2D eigenvalue weighted by Gasteiger charge is 2.32. The van der Waals surface area contributed by atoms with Gasteiger partial charge in [-0.1, -0.05) is 19.8 Å². The van der Waals surface area contributed by atoms with Crippen LogP contribution in [0.15, 0.2) is 53.4 Å². The van der Waals surface area contributed by atoms with Crippen molar-refractivity contribution in [2.45, 2.75) is 43.9 Å². The third-order valence-corrected chi connectivity index (χ3v) is 7.33. The molecule has 3 rings (SSSR count). The predicted octanol–water partition coefficient (Wildman–Crippen LogP) is 4.43. The molecule has 2 aromatic carbocycles. The lowest BCUT2D eigenvalue weighted by Gasteiger charge is -2.30. The van der Waals surface area contributed by atoms with Crippen LogP contribution in [0.4, 0.5) is 10.1 Å². The molecule has 1 N–H and O–H groups in total. The van der Waals surface area contributed by atoms with Crippen molar-refractivity contribution >= 4 is 21.6 Å². The fraction of sp³-hybridized carbons (Fsp3) is 0.435. The molecule has 0 atom stereocenters. The third kappa shape index (κ3) is 6.27. The quantitative estimate of drug-likeness (QED) is 0.576. The number of ether oxygens (including phenoxy) is 1. The third-order valence-electron chi connectivity index (χ3n) is 5.41. The van der Waals surface area contributed by atoms with E-state index < -0.39 is 10.0 Å². The van der Waals surface area contributed by atoms with Gasteiger partial charge in [-0.15, -0.1) is 0 Å². The molecular weight excluding hydrogens is 419 g/mol. The Balaban J connectivity index is 1.53. The van der Waals surface area contributed by atoms with Gasteiger partial charge >= 0.3 is 0 Å². The smallest absolute Gasteiger partial charge is 0.243 e. The number of piperidine rings is 1. The summed E-state index contributed by atoms with van der Waals surface area (Å²) < 4.78 is 46.0. The molecule has 0 aromatic heterocycles. The number of hydrogen-bond acceptors (Lipinski definition) is 4. The van der Waals surface area contributed by atoms with Gasteiger partial charge in [-0.05, 0) is 67.8 Å². The number of halogens is 1. The summed E-state index contributed by atoms with van der Waals surface area (Å²) in [6.07, 6.45) is 4.06. The van der Waals surface area contributed by atoms with Crippen molar-refractivity contribution < 1.29 is 22.3 Å². The van der Waals surface area contributed by atoms with Crippen LogP contribution in [-0.2, 0) is 14.8 Å². The zero-order valence-electron chi connectivity index (χ0n) is 17.7. The second-order valence-electron chi connectivity index (χ2n) is 7.70. The molecule has 0 bridgehead atoms. The Morgan fingerprint density at radius 1 is 1.06 bits per heavy atom. The van der Waals surface area contributed by atoms with Gasteiger partial charge in [0.1, 0.15) is 11.6 Å². The van der Waals surface area contributed by atoms with Gasteiger partial charge < -0.3 is 10.1 Å². The molecule has 168 valence electrons. The second-order valence-corrected chi connectivity index (χ2v) is 9.64. The maximum Gasteiger partial charge on any atom is 0.243 e. The first-order valence-corrected chi connectivity index (χ1v) is 12.1. The highest BCUT2D eigenvalue weighted by Crippen LogP contribution is 2.26. The van der Waals surface area contributed by atoms with E-state index in [-0.39, 0.29) is 35.6 Å². The van der Waals surface area contributed by atoms with E-state index in [0.717, 1.165) is 19.3 Å². The Hall–Kier alpha value is -2.45. The number of nitrogens with one attached hydrogen (secondary N) is 1. The number of carbonyl (C=O) groups is 1. The fourth-order valence-electron chi connectivity index (χ4n) is 3.53. The monoisotopic (exact) mass is 448 g/mol. The maximum absolute atomic E-state index is 13.0. The van der Waals surface area contributed by atoms with Crippen LogP contribution in [0.1, 0.15) is 39.0 Å². The van der Waals surface area contributed by atoms with E-state index in [1.807, 2.05) is 0 Å². The number of amides is 1. The van der Waals surface area contributed by atoms with E-state index in [0.29, 0.717) is 30.9 Å². The standard InChI is InChI=1S/C23H29FN2O4S/c1-2-3-4-17-30-21-9-11-22(12-10-21)31(28,29)26-15-13-18(14-16-26)23(27)25-20-7-5-19(24)6-8-20/h5-12,18H,2-4,13-17H2,1H3,(H,25,27). The predicted molar refractivity (Wildman–Crippen MR) is 118 cm³/mol. The van der Waals surface area contributed by atoms with Crippen LogP contribution in [0.3, 0.4) is 0 Å². The first kappa shape index (κ1) is 23.2. The highest BCUT2D eigenvalue weighted by molar-refractivity contribution is 7.89. The molecule has 0 aliphatic carbocycles. The molecule has 8 heteroatoms. The van der Waals surface area contributed by atoms with E-state index in [1.165, 1.54) is 28.6 Å². The van der Waals surface area contributed by atoms with Gasteiger partial charge in [0.15, 0.2) is 0 Å². The average molecular weight is 449 g/mol. The highest BCUT2D eigenvalue weighted by atomic mass is 32.2. The van der Waals surface area contributed by atoms with Gasteiger partial charge in [0.05, 0.1) is 11.5 Å². The zero-order valence-corrected chi connectivity index (χ0v) is 18.5. The summed E-state index contributed by atoms with van der Waals surface area (Å²) in [6.45, 7) is 3.30. The number of sulfonamides is 1. The van der Waals surface area contributed by atoms with E-state index in [1.54, 1.807) is 24.3 Å². The van der Waals surface area contributed by atoms with Crippen LogP contribution < -0.4 is 10.1 Å². The molecule has 6 nitrogen and oxygen atoms in total. The van der Waals surface area contributed by atoms with E-state index in [2.05, 4.69) is 12.2 Å². The van der Waals surface area contributed by atoms with Crippen LogP contribution in [0.2, 0.25) is 0 Å². The number of carbonyl (C=O) groups excluding carboxylic acids is 1. The first-order chi connectivity index (χ1) is 14.9. The van der Waals surface area contributed by atoms with Crippen molar-refractivity contribution in [1.29, 1.82) is 0 Å². The summed E-state index contributed by atoms with van der Waals surface area (Å²) >= 11 is 0. The second kappa shape index (κ2) is 10.7. The molecule has 1 amide bonds. The number of unbranched alkanes of at least 4 members (excludes halogenated alkanes) is 2. The lowest BCUT2D eigenvalue weighted by molar-refractivity contribution is -0.120. The molecule has 1 heterocycles. The van der Waals surface area contributed by atoms with E-state index in [4.69, 9.17) is 4.74 Å². The largest absolute Gasteiger partial charge is 0.494 e. The molecule has 0 saturated carbocycles. The summed E-state index contributed by atoms with van der Waals surface area (Å²) in [6, 6.07) is 12.1. The van der Waals surface area contributed by atoms with Crippen LogP contribution in [-0.4, -0.2) is 38.3 Å². The van der Waals surface area contributed by atoms with Crippen molar-refractivity contribution in [3.63, 3.8) is 0 Å². The van der Waals surface area contributed by atoms with Gasteiger partial charge in [0, 0.05) is 24.7 Å². The van der Waals surface area contributed by atoms with Gasteiger partial charge in [0.2, 0.25) is 15.9 Å². The zero-order chi connectivity index (χ0) is 22.3. The first-order valence-electron chi connectivity index (χ1n) is 10.7. The van der Waals surface area contributed by atoms with Gasteiger partial charge in [0.25, 0.3) is 0 Å². The van der Waals surface area contributed by atoms with E-state index in [9.17, 15) is 17.6 Å². The molecule has 2 aromatic rings. The van der Waals surface area contributed by atoms with Crippen LogP contribution in [0.25, 0.3) is 0 Å². The Morgan fingerprint density at radius 3 is 2.32 bits per heavy atom. The van der Waals surface area contributed by atoms with Crippen LogP contribution >= 0.6 is 0 Å². The minimum atomic E-state index is -3.62. The minimum Gasteiger partial charge on any atom is -0.494 e. The summed E-state index contributed by atoms with van der Waals surface area (Å²) in [7, 11) is -3.62. The molecule has 1 saturated heterocycles. The Bertz CT molecular complexity index is 954. The fourth-order valence-corrected chi connectivity index (χ4v) is 5.00. The van der Waals surface area contributed by atoms with Gasteiger partial charge in [-0.3, -0.25) is 4.79 Å².